The Hall–Kier alpha value is -1.88. The summed E-state index contributed by atoms with van der Waals surface area (Å²) in [6.45, 7) is 3.29. The maximum Gasteiger partial charge on any atom is 0.334 e. The van der Waals surface area contributed by atoms with E-state index in [9.17, 15) is 9.59 Å². The van der Waals surface area contributed by atoms with E-state index in [2.05, 4.69) is 9.97 Å². The molecule has 2 aromatic heterocycles. The summed E-state index contributed by atoms with van der Waals surface area (Å²) in [6, 6.07) is 3.32. The van der Waals surface area contributed by atoms with Gasteiger partial charge < -0.3 is 0 Å². The fourth-order valence-electron chi connectivity index (χ4n) is 1.53. The molecular weight excluding hydrogens is 242 g/mol. The van der Waals surface area contributed by atoms with Crippen LogP contribution in [0.4, 0.5) is 0 Å². The normalized spacial score (nSPS) is 10.5. The van der Waals surface area contributed by atoms with Crippen LogP contribution in [0.1, 0.15) is 11.3 Å². The molecule has 0 atom stereocenters. The Morgan fingerprint density at radius 1 is 1.35 bits per heavy atom. The predicted octanol–water partition coefficient (Wildman–Crippen LogP) is 1.19. The lowest BCUT2D eigenvalue weighted by Crippen LogP contribution is -2.35. The molecule has 0 unspecified atom stereocenters. The molecule has 0 amide bonds. The molecular formula is C11H10ClN3O2. The lowest BCUT2D eigenvalue weighted by molar-refractivity contribution is 0.846. The average Bonchev–Trinajstić information content (AvgIpc) is 2.29. The van der Waals surface area contributed by atoms with Crippen LogP contribution in [0.15, 0.2) is 27.9 Å². The lowest BCUT2D eigenvalue weighted by Gasteiger charge is -2.08. The van der Waals surface area contributed by atoms with E-state index in [1.807, 2.05) is 0 Å². The smallest absolute Gasteiger partial charge is 0.297 e. The molecule has 2 heterocycles. The zero-order chi connectivity index (χ0) is 12.6. The minimum atomic E-state index is -0.568. The lowest BCUT2D eigenvalue weighted by atomic mass is 10.3. The number of pyridine rings is 1. The summed E-state index contributed by atoms with van der Waals surface area (Å²) in [7, 11) is 0. The number of hydrogen-bond acceptors (Lipinski definition) is 3. The third-order valence-corrected chi connectivity index (χ3v) is 2.87. The van der Waals surface area contributed by atoms with Gasteiger partial charge in [0.05, 0.1) is 16.9 Å². The maximum atomic E-state index is 12.0. The third-order valence-electron chi connectivity index (χ3n) is 2.49. The molecule has 0 bridgehead atoms. The molecule has 0 saturated heterocycles. The second kappa shape index (κ2) is 4.18. The summed E-state index contributed by atoms with van der Waals surface area (Å²) >= 11 is 5.73. The first-order valence-corrected chi connectivity index (χ1v) is 5.33. The Morgan fingerprint density at radius 3 is 2.71 bits per heavy atom. The molecule has 1 N–H and O–H groups in total. The van der Waals surface area contributed by atoms with Gasteiger partial charge in [0.25, 0.3) is 5.56 Å². The molecule has 0 radical (unpaired) electrons. The molecule has 0 fully saturated rings. The van der Waals surface area contributed by atoms with Gasteiger partial charge in [-0.05, 0) is 26.0 Å². The summed E-state index contributed by atoms with van der Waals surface area (Å²) in [5.74, 6) is 0. The van der Waals surface area contributed by atoms with E-state index in [4.69, 9.17) is 11.6 Å². The Labute approximate surface area is 102 Å². The van der Waals surface area contributed by atoms with Crippen molar-refractivity contribution in [2.45, 2.75) is 13.8 Å². The van der Waals surface area contributed by atoms with Gasteiger partial charge in [0.1, 0.15) is 5.15 Å². The summed E-state index contributed by atoms with van der Waals surface area (Å²) < 4.78 is 1.03. The largest absolute Gasteiger partial charge is 0.334 e. The summed E-state index contributed by atoms with van der Waals surface area (Å²) in [4.78, 5) is 30.2. The number of aromatic amines is 1. The van der Waals surface area contributed by atoms with E-state index in [1.54, 1.807) is 32.2 Å². The van der Waals surface area contributed by atoms with Crippen molar-refractivity contribution in [2.24, 2.45) is 0 Å². The highest BCUT2D eigenvalue weighted by Gasteiger charge is 2.12. The van der Waals surface area contributed by atoms with Crippen LogP contribution in [0.5, 0.6) is 0 Å². The van der Waals surface area contributed by atoms with Crippen molar-refractivity contribution in [1.82, 2.24) is 14.5 Å². The first-order valence-electron chi connectivity index (χ1n) is 4.96. The third kappa shape index (κ3) is 1.89. The van der Waals surface area contributed by atoms with Crippen LogP contribution in [0.25, 0.3) is 5.69 Å². The van der Waals surface area contributed by atoms with Crippen molar-refractivity contribution in [2.75, 3.05) is 0 Å². The molecule has 2 rings (SSSR count). The van der Waals surface area contributed by atoms with Crippen LogP contribution in [-0.4, -0.2) is 14.5 Å². The summed E-state index contributed by atoms with van der Waals surface area (Å²) in [5.41, 5.74) is 0.353. The molecule has 88 valence electrons. The van der Waals surface area contributed by atoms with Crippen molar-refractivity contribution >= 4 is 11.6 Å². The van der Waals surface area contributed by atoms with E-state index in [1.165, 1.54) is 0 Å². The van der Waals surface area contributed by atoms with Gasteiger partial charge >= 0.3 is 5.69 Å². The zero-order valence-electron chi connectivity index (χ0n) is 9.32. The van der Waals surface area contributed by atoms with E-state index in [-0.39, 0.29) is 5.15 Å². The Kier molecular flexibility index (Phi) is 2.85. The van der Waals surface area contributed by atoms with E-state index in [0.29, 0.717) is 16.9 Å². The zero-order valence-corrected chi connectivity index (χ0v) is 10.1. The second-order valence-corrected chi connectivity index (χ2v) is 4.00. The molecule has 2 aromatic rings. The van der Waals surface area contributed by atoms with E-state index in [0.717, 1.165) is 4.57 Å². The van der Waals surface area contributed by atoms with Crippen molar-refractivity contribution < 1.29 is 0 Å². The first kappa shape index (κ1) is 11.6. The van der Waals surface area contributed by atoms with Crippen LogP contribution < -0.4 is 11.2 Å². The van der Waals surface area contributed by atoms with Crippen LogP contribution in [0.3, 0.4) is 0 Å². The van der Waals surface area contributed by atoms with Crippen molar-refractivity contribution in [3.05, 3.63) is 55.6 Å². The standard InChI is InChI=1S/C11H10ClN3O2/c1-6-9(12)14-11(17)15(10(6)16)8-4-3-5-13-7(8)2/h3-5H,1-2H3,(H,14,17). The van der Waals surface area contributed by atoms with Gasteiger partial charge in [0, 0.05) is 6.20 Å². The molecule has 17 heavy (non-hydrogen) atoms. The summed E-state index contributed by atoms with van der Waals surface area (Å²) in [5, 5.41) is 0.0674. The number of aryl methyl sites for hydroxylation is 1. The average molecular weight is 252 g/mol. The molecule has 0 aliphatic heterocycles. The molecule has 0 aliphatic carbocycles. The fraction of sp³-hybridized carbons (Fsp3) is 0.182. The maximum absolute atomic E-state index is 12.0. The second-order valence-electron chi connectivity index (χ2n) is 3.62. The van der Waals surface area contributed by atoms with Crippen molar-refractivity contribution in [3.63, 3.8) is 0 Å². The minimum absolute atomic E-state index is 0.0674. The predicted molar refractivity (Wildman–Crippen MR) is 64.9 cm³/mol. The molecule has 0 aliphatic rings. The number of nitrogens with one attached hydrogen (secondary N) is 1. The highest BCUT2D eigenvalue weighted by Crippen LogP contribution is 2.08. The highest BCUT2D eigenvalue weighted by molar-refractivity contribution is 6.30. The number of H-pyrrole nitrogens is 1. The van der Waals surface area contributed by atoms with E-state index >= 15 is 0 Å². The Morgan fingerprint density at radius 2 is 2.06 bits per heavy atom. The van der Waals surface area contributed by atoms with E-state index < -0.39 is 11.2 Å². The molecule has 0 spiro atoms. The first-order chi connectivity index (χ1) is 8.02. The van der Waals surface area contributed by atoms with Gasteiger partial charge in [0.15, 0.2) is 0 Å². The number of rotatable bonds is 1. The van der Waals surface area contributed by atoms with Crippen LogP contribution >= 0.6 is 11.6 Å². The van der Waals surface area contributed by atoms with Crippen LogP contribution in [-0.2, 0) is 0 Å². The summed E-state index contributed by atoms with van der Waals surface area (Å²) in [6.07, 6.45) is 1.60. The van der Waals surface area contributed by atoms with Gasteiger partial charge in [-0.25, -0.2) is 9.36 Å². The van der Waals surface area contributed by atoms with Gasteiger partial charge in [-0.1, -0.05) is 11.6 Å². The molecule has 5 nitrogen and oxygen atoms in total. The minimum Gasteiger partial charge on any atom is -0.297 e. The SMILES string of the molecule is Cc1ncccc1-n1c(=O)[nH]c(Cl)c(C)c1=O. The van der Waals surface area contributed by atoms with Gasteiger partial charge in [-0.2, -0.15) is 0 Å². The topological polar surface area (TPSA) is 67.8 Å². The number of hydrogen-bond donors (Lipinski definition) is 1. The number of aromatic nitrogens is 3. The van der Waals surface area contributed by atoms with Gasteiger partial charge in [-0.15, -0.1) is 0 Å². The van der Waals surface area contributed by atoms with Crippen LogP contribution in [0, 0.1) is 13.8 Å². The number of nitrogens with zero attached hydrogens (tertiary/aromatic N) is 2. The van der Waals surface area contributed by atoms with Gasteiger partial charge in [0.2, 0.25) is 0 Å². The quantitative estimate of drug-likeness (QED) is 0.774. The molecule has 0 aromatic carbocycles. The molecule has 0 saturated carbocycles. The monoisotopic (exact) mass is 251 g/mol. The fourth-order valence-corrected chi connectivity index (χ4v) is 1.69. The van der Waals surface area contributed by atoms with Crippen LogP contribution in [0.2, 0.25) is 5.15 Å². The van der Waals surface area contributed by atoms with Crippen molar-refractivity contribution in [1.29, 1.82) is 0 Å². The van der Waals surface area contributed by atoms with Crippen molar-refractivity contribution in [3.8, 4) is 5.69 Å². The molecule has 6 heteroatoms. The highest BCUT2D eigenvalue weighted by atomic mass is 35.5. The van der Waals surface area contributed by atoms with Gasteiger partial charge in [-0.3, -0.25) is 14.8 Å². The Bertz CT molecular complexity index is 688. The number of halogens is 1. The Balaban J connectivity index is 2.87.